The van der Waals surface area contributed by atoms with Gasteiger partial charge < -0.3 is 35.0 Å². The number of aromatic hydroxyl groups is 3. The Morgan fingerprint density at radius 2 is 1.85 bits per heavy atom. The van der Waals surface area contributed by atoms with Crippen molar-refractivity contribution in [2.75, 3.05) is 7.11 Å². The molecule has 5 N–H and O–H groups in total. The Kier molecular flexibility index (Phi) is 9.03. The van der Waals surface area contributed by atoms with Gasteiger partial charge in [0.15, 0.2) is 12.2 Å². The van der Waals surface area contributed by atoms with E-state index in [1.54, 1.807) is 13.8 Å². The maximum atomic E-state index is 13.7. The molecule has 0 fully saturated rings. The summed E-state index contributed by atoms with van der Waals surface area (Å²) in [5.41, 5.74) is 1.77. The molecule has 3 rings (SSSR count). The third kappa shape index (κ3) is 6.57. The zero-order valence-electron chi connectivity index (χ0n) is 23.5. The predicted octanol–water partition coefficient (Wildman–Crippen LogP) is 5.28. The molecule has 1 aliphatic heterocycles. The minimum atomic E-state index is -1.69. The molecule has 212 valence electrons. The average molecular weight is 541 g/mol. The Balaban J connectivity index is 2.27. The van der Waals surface area contributed by atoms with Gasteiger partial charge in [-0.25, -0.2) is 0 Å². The summed E-state index contributed by atoms with van der Waals surface area (Å²) in [4.78, 5) is 13.7. The normalized spacial score (nSPS) is 17.7. The number of phenols is 3. The molecule has 0 saturated carbocycles. The summed E-state index contributed by atoms with van der Waals surface area (Å²) < 4.78 is 11.8. The van der Waals surface area contributed by atoms with Crippen LogP contribution in [0.5, 0.6) is 28.7 Å². The molecule has 1 aliphatic rings. The van der Waals surface area contributed by atoms with Crippen molar-refractivity contribution in [2.24, 2.45) is 5.92 Å². The molecule has 2 aromatic carbocycles. The number of carbonyl (C=O) groups excluding carboxylic acids is 1. The summed E-state index contributed by atoms with van der Waals surface area (Å²) in [6.45, 7) is 13.3. The van der Waals surface area contributed by atoms with E-state index in [2.05, 4.69) is 12.7 Å². The Labute approximate surface area is 229 Å². The van der Waals surface area contributed by atoms with Crippen molar-refractivity contribution in [1.29, 1.82) is 0 Å². The number of ketones is 1. The monoisotopic (exact) mass is 540 g/mol. The lowest BCUT2D eigenvalue weighted by molar-refractivity contribution is 0.0196. The van der Waals surface area contributed by atoms with Crippen LogP contribution in [-0.2, 0) is 12.8 Å². The summed E-state index contributed by atoms with van der Waals surface area (Å²) in [6, 6.07) is 3.79. The van der Waals surface area contributed by atoms with Crippen molar-refractivity contribution >= 4 is 5.78 Å². The third-order valence-electron chi connectivity index (χ3n) is 7.09. The number of hydrogen-bond donors (Lipinski definition) is 5. The van der Waals surface area contributed by atoms with Gasteiger partial charge in [-0.1, -0.05) is 23.8 Å². The van der Waals surface area contributed by atoms with Gasteiger partial charge in [-0.2, -0.15) is 0 Å². The van der Waals surface area contributed by atoms with Gasteiger partial charge in [0.2, 0.25) is 5.78 Å². The van der Waals surface area contributed by atoms with Gasteiger partial charge in [0, 0.05) is 22.8 Å². The van der Waals surface area contributed by atoms with Crippen LogP contribution in [-0.4, -0.2) is 50.1 Å². The van der Waals surface area contributed by atoms with Gasteiger partial charge in [0.1, 0.15) is 34.3 Å². The van der Waals surface area contributed by atoms with E-state index in [0.29, 0.717) is 17.5 Å². The molecule has 0 spiro atoms. The maximum Gasteiger partial charge on any atom is 0.202 e. The van der Waals surface area contributed by atoms with E-state index in [-0.39, 0.29) is 65.1 Å². The fraction of sp³-hybridized carbons (Fsp3) is 0.452. The van der Waals surface area contributed by atoms with Crippen LogP contribution in [0.15, 0.2) is 42.0 Å². The number of phenolic OH excluding ortho intramolecular Hbond substituents is 3. The predicted molar refractivity (Wildman–Crippen MR) is 149 cm³/mol. The first-order chi connectivity index (χ1) is 18.2. The highest BCUT2D eigenvalue weighted by atomic mass is 16.5. The fourth-order valence-electron chi connectivity index (χ4n) is 4.80. The molecule has 8 heteroatoms. The van der Waals surface area contributed by atoms with E-state index in [1.165, 1.54) is 19.2 Å². The maximum absolute atomic E-state index is 13.7. The molecule has 0 bridgehead atoms. The second-order valence-corrected chi connectivity index (χ2v) is 11.2. The summed E-state index contributed by atoms with van der Waals surface area (Å²) in [7, 11) is 1.37. The van der Waals surface area contributed by atoms with Crippen LogP contribution in [0, 0.1) is 5.92 Å². The summed E-state index contributed by atoms with van der Waals surface area (Å²) in [6.07, 6.45) is 0.504. The van der Waals surface area contributed by atoms with E-state index in [1.807, 2.05) is 20.8 Å². The topological polar surface area (TPSA) is 137 Å². The van der Waals surface area contributed by atoms with E-state index >= 15 is 0 Å². The molecule has 2 aromatic rings. The summed E-state index contributed by atoms with van der Waals surface area (Å²) >= 11 is 0. The molecule has 0 aromatic heterocycles. The highest BCUT2D eigenvalue weighted by molar-refractivity contribution is 6.07. The van der Waals surface area contributed by atoms with Crippen LogP contribution >= 0.6 is 0 Å². The smallest absolute Gasteiger partial charge is 0.202 e. The quantitative estimate of drug-likeness (QED) is 0.257. The molecule has 3 atom stereocenters. The largest absolute Gasteiger partial charge is 0.508 e. The highest BCUT2D eigenvalue weighted by Crippen LogP contribution is 2.51. The number of fused-ring (bicyclic) bond motifs is 1. The second-order valence-electron chi connectivity index (χ2n) is 11.2. The van der Waals surface area contributed by atoms with E-state index in [9.17, 15) is 30.3 Å². The van der Waals surface area contributed by atoms with Gasteiger partial charge in [-0.15, -0.1) is 0 Å². The number of hydrogen-bond acceptors (Lipinski definition) is 8. The second kappa shape index (κ2) is 11.7. The van der Waals surface area contributed by atoms with Gasteiger partial charge in [0.25, 0.3) is 0 Å². The van der Waals surface area contributed by atoms with Crippen LogP contribution in [0.25, 0.3) is 0 Å². The number of ether oxygens (including phenoxy) is 2. The standard InChI is InChI=1S/C31H40O8/c1-16(2)8-9-18(17(3)4)14-22-25(34)21(12-13-31(5,6)37)28(38-7)24-26(35)27(36)30(39-29(22)24)20-11-10-19(32)15-23(20)33/h8,10-11,15,18,27,30,32-34,36-37H,3,9,12-14H2,1-2,4-7H3/t18?,27-,30+/m0/s1. The lowest BCUT2D eigenvalue weighted by Gasteiger charge is -2.34. The number of aliphatic hydroxyl groups excluding tert-OH is 1. The first kappa shape index (κ1) is 30.1. The lowest BCUT2D eigenvalue weighted by Crippen LogP contribution is -2.37. The van der Waals surface area contributed by atoms with Crippen LogP contribution in [0.2, 0.25) is 0 Å². The van der Waals surface area contributed by atoms with Gasteiger partial charge in [-0.05, 0) is 78.4 Å². The van der Waals surface area contributed by atoms with Crippen LogP contribution < -0.4 is 9.47 Å². The van der Waals surface area contributed by atoms with E-state index in [0.717, 1.165) is 17.2 Å². The Morgan fingerprint density at radius 3 is 2.38 bits per heavy atom. The first-order valence-corrected chi connectivity index (χ1v) is 13.0. The van der Waals surface area contributed by atoms with Crippen LogP contribution in [0.4, 0.5) is 0 Å². The zero-order valence-corrected chi connectivity index (χ0v) is 23.5. The highest BCUT2D eigenvalue weighted by Gasteiger charge is 2.43. The van der Waals surface area contributed by atoms with Crippen molar-refractivity contribution in [1.82, 2.24) is 0 Å². The molecule has 1 unspecified atom stereocenters. The number of benzene rings is 2. The average Bonchev–Trinajstić information content (AvgIpc) is 2.83. The van der Waals surface area contributed by atoms with Crippen molar-refractivity contribution in [3.8, 4) is 28.7 Å². The molecule has 39 heavy (non-hydrogen) atoms. The minimum absolute atomic E-state index is 0.000688. The summed E-state index contributed by atoms with van der Waals surface area (Å²) in [5.74, 6) is -1.30. The molecular weight excluding hydrogens is 500 g/mol. The van der Waals surface area contributed by atoms with E-state index < -0.39 is 23.6 Å². The molecule has 0 saturated heterocycles. The molecule has 0 amide bonds. The van der Waals surface area contributed by atoms with Crippen LogP contribution in [0.3, 0.4) is 0 Å². The van der Waals surface area contributed by atoms with Gasteiger partial charge in [-0.3, -0.25) is 4.79 Å². The molecule has 0 radical (unpaired) electrons. The molecule has 0 aliphatic carbocycles. The number of aliphatic hydroxyl groups is 2. The number of carbonyl (C=O) groups is 1. The van der Waals surface area contributed by atoms with Crippen LogP contribution in [0.1, 0.15) is 80.6 Å². The van der Waals surface area contributed by atoms with E-state index in [4.69, 9.17) is 9.47 Å². The Bertz CT molecular complexity index is 1280. The lowest BCUT2D eigenvalue weighted by atomic mass is 9.83. The zero-order chi connectivity index (χ0) is 29.2. The van der Waals surface area contributed by atoms with Crippen molar-refractivity contribution in [3.05, 3.63) is 64.3 Å². The van der Waals surface area contributed by atoms with Crippen molar-refractivity contribution in [3.63, 3.8) is 0 Å². The Morgan fingerprint density at radius 1 is 1.18 bits per heavy atom. The number of allylic oxidation sites excluding steroid dienone is 3. The number of rotatable bonds is 10. The number of Topliss-reactive ketones (excluding diaryl/α,β-unsaturated/α-hetero) is 1. The van der Waals surface area contributed by atoms with Gasteiger partial charge in [0.05, 0.1) is 12.7 Å². The molecule has 1 heterocycles. The SMILES string of the molecule is C=C(C)C(CC=C(C)C)Cc1c(O)c(CCC(C)(C)O)c(OC)c2c1O[C@H](c1ccc(O)cc1O)[C@@H](O)C2=O. The number of methoxy groups -OCH3 is 1. The third-order valence-corrected chi connectivity index (χ3v) is 7.09. The minimum Gasteiger partial charge on any atom is -0.508 e. The van der Waals surface area contributed by atoms with Gasteiger partial charge >= 0.3 is 0 Å². The first-order valence-electron chi connectivity index (χ1n) is 13.0. The Hall–Kier alpha value is -3.49. The fourth-order valence-corrected chi connectivity index (χ4v) is 4.80. The van der Waals surface area contributed by atoms with Crippen molar-refractivity contribution < 1.29 is 39.8 Å². The summed E-state index contributed by atoms with van der Waals surface area (Å²) in [5, 5.41) is 53.2. The molecular formula is C31H40O8. The van der Waals surface area contributed by atoms with Crippen molar-refractivity contribution in [2.45, 2.75) is 78.1 Å². The molecule has 8 nitrogen and oxygen atoms in total.